The minimum atomic E-state index is -2.92. The van der Waals surface area contributed by atoms with Crippen LogP contribution in [0, 0.1) is 0 Å². The molecule has 0 fully saturated rings. The number of ether oxygens (including phenoxy) is 1. The Balaban J connectivity index is 2.53. The van der Waals surface area contributed by atoms with E-state index in [-0.39, 0.29) is 11.5 Å². The van der Waals surface area contributed by atoms with Crippen molar-refractivity contribution >= 4 is 21.4 Å². The summed E-state index contributed by atoms with van der Waals surface area (Å²) in [5, 5.41) is 0.643. The lowest BCUT2D eigenvalue weighted by molar-refractivity contribution is 0.314. The second kappa shape index (κ2) is 7.72. The minimum Gasteiger partial charge on any atom is -0.493 e. The van der Waals surface area contributed by atoms with Crippen molar-refractivity contribution in [3.63, 3.8) is 0 Å². The molecule has 0 aliphatic rings. The van der Waals surface area contributed by atoms with Crippen LogP contribution in [0.1, 0.15) is 18.9 Å². The van der Waals surface area contributed by atoms with Crippen molar-refractivity contribution < 1.29 is 13.2 Å². The SMILES string of the molecule is CCS(=O)(=O)CCCOc1ccc(Cl)cc1CCN. The zero-order valence-corrected chi connectivity index (χ0v) is 12.6. The van der Waals surface area contributed by atoms with Gasteiger partial charge in [-0.25, -0.2) is 8.42 Å². The molecule has 0 spiro atoms. The molecule has 0 bridgehead atoms. The molecule has 0 saturated heterocycles. The van der Waals surface area contributed by atoms with Crippen LogP contribution >= 0.6 is 11.6 Å². The number of hydrogen-bond acceptors (Lipinski definition) is 4. The van der Waals surface area contributed by atoms with Gasteiger partial charge in [0.05, 0.1) is 12.4 Å². The molecule has 19 heavy (non-hydrogen) atoms. The number of nitrogens with two attached hydrogens (primary N) is 1. The highest BCUT2D eigenvalue weighted by Crippen LogP contribution is 2.23. The molecule has 6 heteroatoms. The molecule has 4 nitrogen and oxygen atoms in total. The number of halogens is 1. The van der Waals surface area contributed by atoms with E-state index < -0.39 is 9.84 Å². The monoisotopic (exact) mass is 305 g/mol. The third-order valence-corrected chi connectivity index (χ3v) is 4.76. The quantitative estimate of drug-likeness (QED) is 0.746. The first-order valence-electron chi connectivity index (χ1n) is 6.30. The largest absolute Gasteiger partial charge is 0.493 e. The molecule has 0 atom stereocenters. The average Bonchev–Trinajstić information content (AvgIpc) is 2.37. The van der Waals surface area contributed by atoms with E-state index in [1.54, 1.807) is 19.1 Å². The Morgan fingerprint density at radius 2 is 2.11 bits per heavy atom. The number of sulfone groups is 1. The van der Waals surface area contributed by atoms with E-state index >= 15 is 0 Å². The molecule has 0 aliphatic carbocycles. The zero-order chi connectivity index (χ0) is 14.3. The second-order valence-corrected chi connectivity index (χ2v) is 7.14. The van der Waals surface area contributed by atoms with Gasteiger partial charge in [-0.2, -0.15) is 0 Å². The van der Waals surface area contributed by atoms with Gasteiger partial charge in [-0.3, -0.25) is 0 Å². The van der Waals surface area contributed by atoms with Gasteiger partial charge in [-0.1, -0.05) is 18.5 Å². The van der Waals surface area contributed by atoms with Crippen LogP contribution in [-0.4, -0.2) is 33.1 Å². The third-order valence-electron chi connectivity index (χ3n) is 2.73. The van der Waals surface area contributed by atoms with Crippen molar-refractivity contribution in [2.24, 2.45) is 5.73 Å². The Labute approximate surface area is 119 Å². The molecule has 2 N–H and O–H groups in total. The predicted molar refractivity (Wildman–Crippen MR) is 78.7 cm³/mol. The number of hydrogen-bond donors (Lipinski definition) is 1. The summed E-state index contributed by atoms with van der Waals surface area (Å²) in [5.74, 6) is 1.05. The van der Waals surface area contributed by atoms with Crippen molar-refractivity contribution in [3.05, 3.63) is 28.8 Å². The fourth-order valence-corrected chi connectivity index (χ4v) is 2.69. The first-order chi connectivity index (χ1) is 8.98. The maximum atomic E-state index is 11.3. The lowest BCUT2D eigenvalue weighted by Gasteiger charge is -2.11. The first-order valence-corrected chi connectivity index (χ1v) is 8.50. The van der Waals surface area contributed by atoms with Gasteiger partial charge in [0.25, 0.3) is 0 Å². The van der Waals surface area contributed by atoms with Gasteiger partial charge < -0.3 is 10.5 Å². The molecule has 0 radical (unpaired) electrons. The van der Waals surface area contributed by atoms with E-state index in [0.717, 1.165) is 11.3 Å². The maximum Gasteiger partial charge on any atom is 0.150 e. The summed E-state index contributed by atoms with van der Waals surface area (Å²) >= 11 is 5.92. The summed E-state index contributed by atoms with van der Waals surface area (Å²) < 4.78 is 28.3. The van der Waals surface area contributed by atoms with Crippen LogP contribution in [0.4, 0.5) is 0 Å². The topological polar surface area (TPSA) is 69.4 Å². The summed E-state index contributed by atoms with van der Waals surface area (Å²) in [5.41, 5.74) is 6.48. The van der Waals surface area contributed by atoms with Crippen molar-refractivity contribution in [2.75, 3.05) is 24.7 Å². The molecule has 108 valence electrons. The molecule has 0 aromatic heterocycles. The third kappa shape index (κ3) is 5.80. The molecule has 0 unspecified atom stereocenters. The summed E-state index contributed by atoms with van der Waals surface area (Å²) in [6.07, 6.45) is 1.17. The Bertz CT molecular complexity index is 503. The molecule has 0 saturated carbocycles. The molecule has 1 aromatic carbocycles. The van der Waals surface area contributed by atoms with Gasteiger partial charge in [-0.05, 0) is 43.1 Å². The fourth-order valence-electron chi connectivity index (χ4n) is 1.65. The van der Waals surface area contributed by atoms with Crippen molar-refractivity contribution in [3.8, 4) is 5.75 Å². The highest BCUT2D eigenvalue weighted by molar-refractivity contribution is 7.91. The number of benzene rings is 1. The predicted octanol–water partition coefficient (Wildman–Crippen LogP) is 2.04. The Kier molecular flexibility index (Phi) is 6.62. The highest BCUT2D eigenvalue weighted by atomic mass is 35.5. The van der Waals surface area contributed by atoms with Crippen LogP contribution in [-0.2, 0) is 16.3 Å². The summed E-state index contributed by atoms with van der Waals surface area (Å²) in [7, 11) is -2.92. The molecule has 1 rings (SSSR count). The number of rotatable bonds is 8. The van der Waals surface area contributed by atoms with Crippen molar-refractivity contribution in [1.82, 2.24) is 0 Å². The molecule has 0 heterocycles. The van der Waals surface area contributed by atoms with Gasteiger partial charge in [0, 0.05) is 10.8 Å². The van der Waals surface area contributed by atoms with Gasteiger partial charge in [0.2, 0.25) is 0 Å². The zero-order valence-electron chi connectivity index (χ0n) is 11.1. The van der Waals surface area contributed by atoms with E-state index in [9.17, 15) is 8.42 Å². The van der Waals surface area contributed by atoms with Crippen molar-refractivity contribution in [1.29, 1.82) is 0 Å². The molecule has 0 amide bonds. The second-order valence-electron chi connectivity index (χ2n) is 4.23. The minimum absolute atomic E-state index is 0.156. The molecular formula is C13H20ClNO3S. The molecule has 1 aromatic rings. The fraction of sp³-hybridized carbons (Fsp3) is 0.538. The Hall–Kier alpha value is -0.780. The molecular weight excluding hydrogens is 286 g/mol. The van der Waals surface area contributed by atoms with Gasteiger partial charge in [0.15, 0.2) is 0 Å². The lowest BCUT2D eigenvalue weighted by atomic mass is 10.1. The van der Waals surface area contributed by atoms with E-state index in [1.165, 1.54) is 0 Å². The maximum absolute atomic E-state index is 11.3. The lowest BCUT2D eigenvalue weighted by Crippen LogP contribution is -2.12. The van der Waals surface area contributed by atoms with Crippen LogP contribution in [0.5, 0.6) is 5.75 Å². The van der Waals surface area contributed by atoms with E-state index in [2.05, 4.69) is 0 Å². The van der Waals surface area contributed by atoms with Crippen LogP contribution < -0.4 is 10.5 Å². The summed E-state index contributed by atoms with van der Waals surface area (Å²) in [4.78, 5) is 0. The first kappa shape index (κ1) is 16.3. The van der Waals surface area contributed by atoms with Crippen LogP contribution in [0.25, 0.3) is 0 Å². The van der Waals surface area contributed by atoms with Crippen LogP contribution in [0.3, 0.4) is 0 Å². The smallest absolute Gasteiger partial charge is 0.150 e. The average molecular weight is 306 g/mol. The van der Waals surface area contributed by atoms with Gasteiger partial charge in [-0.15, -0.1) is 0 Å². The van der Waals surface area contributed by atoms with Crippen molar-refractivity contribution in [2.45, 2.75) is 19.8 Å². The Morgan fingerprint density at radius 1 is 1.37 bits per heavy atom. The van der Waals surface area contributed by atoms with E-state index in [0.29, 0.717) is 31.0 Å². The van der Waals surface area contributed by atoms with Gasteiger partial charge >= 0.3 is 0 Å². The van der Waals surface area contributed by atoms with E-state index in [1.807, 2.05) is 6.07 Å². The van der Waals surface area contributed by atoms with Crippen LogP contribution in [0.2, 0.25) is 5.02 Å². The normalized spacial score (nSPS) is 11.5. The summed E-state index contributed by atoms with van der Waals surface area (Å²) in [6, 6.07) is 5.37. The Morgan fingerprint density at radius 3 is 2.74 bits per heavy atom. The van der Waals surface area contributed by atoms with E-state index in [4.69, 9.17) is 22.1 Å². The van der Waals surface area contributed by atoms with Gasteiger partial charge in [0.1, 0.15) is 15.6 Å². The standard InChI is InChI=1S/C13H20ClNO3S/c1-2-19(16,17)9-3-8-18-13-5-4-12(14)10-11(13)6-7-15/h4-5,10H,2-3,6-9,15H2,1H3. The molecule has 0 aliphatic heterocycles. The highest BCUT2D eigenvalue weighted by Gasteiger charge is 2.08. The van der Waals surface area contributed by atoms with Crippen LogP contribution in [0.15, 0.2) is 18.2 Å². The summed E-state index contributed by atoms with van der Waals surface area (Å²) in [6.45, 7) is 2.54.